The van der Waals surface area contributed by atoms with Gasteiger partial charge in [-0.1, -0.05) is 50.6 Å². The zero-order valence-electron chi connectivity index (χ0n) is 25.9. The lowest BCUT2D eigenvalue weighted by Gasteiger charge is -2.35. The van der Waals surface area contributed by atoms with Gasteiger partial charge in [0, 0.05) is 47.5 Å². The van der Waals surface area contributed by atoms with Crippen LogP contribution in [0.15, 0.2) is 66.7 Å². The predicted octanol–water partition coefficient (Wildman–Crippen LogP) is 5.66. The van der Waals surface area contributed by atoms with Gasteiger partial charge in [0.05, 0.1) is 0 Å². The Kier molecular flexibility index (Phi) is 11.6. The van der Waals surface area contributed by atoms with Crippen LogP contribution in [0.25, 0.3) is 0 Å². The number of amides is 3. The molecule has 0 aliphatic carbocycles. The second-order valence-corrected chi connectivity index (χ2v) is 11.9. The highest BCUT2D eigenvalue weighted by molar-refractivity contribution is 5.99. The van der Waals surface area contributed by atoms with E-state index in [-0.39, 0.29) is 35.3 Å². The number of aryl methyl sites for hydroxylation is 1. The summed E-state index contributed by atoms with van der Waals surface area (Å²) in [7, 11) is 0. The van der Waals surface area contributed by atoms with Crippen LogP contribution >= 0.6 is 0 Å². The largest absolute Gasteiger partial charge is 0.347 e. The number of pyridine rings is 1. The molecular formula is C35H44FN5O3. The highest BCUT2D eigenvalue weighted by Gasteiger charge is 2.29. The van der Waals surface area contributed by atoms with Crippen molar-refractivity contribution >= 4 is 23.4 Å². The monoisotopic (exact) mass is 601 g/mol. The number of carbonyl (C=O) groups excluding carboxylic acids is 3. The predicted molar refractivity (Wildman–Crippen MR) is 171 cm³/mol. The first kappa shape index (κ1) is 32.8. The van der Waals surface area contributed by atoms with Crippen LogP contribution in [0.2, 0.25) is 0 Å². The van der Waals surface area contributed by atoms with Crippen LogP contribution in [0.1, 0.15) is 84.5 Å². The van der Waals surface area contributed by atoms with E-state index in [0.29, 0.717) is 36.3 Å². The number of halogens is 1. The van der Waals surface area contributed by atoms with Gasteiger partial charge in [0.2, 0.25) is 5.91 Å². The molecule has 234 valence electrons. The molecule has 9 heteroatoms. The first-order valence-corrected chi connectivity index (χ1v) is 15.6. The number of aromatic nitrogens is 1. The van der Waals surface area contributed by atoms with Crippen molar-refractivity contribution < 1.29 is 18.8 Å². The van der Waals surface area contributed by atoms with Crippen molar-refractivity contribution in [2.24, 2.45) is 11.7 Å². The van der Waals surface area contributed by atoms with E-state index in [0.717, 1.165) is 37.7 Å². The molecule has 0 saturated carbocycles. The number of piperidine rings is 1. The van der Waals surface area contributed by atoms with Crippen molar-refractivity contribution in [3.8, 4) is 0 Å². The molecule has 4 rings (SSSR count). The molecule has 1 aliphatic rings. The van der Waals surface area contributed by atoms with Gasteiger partial charge in [-0.05, 0) is 87.4 Å². The number of benzene rings is 2. The molecule has 8 nitrogen and oxygen atoms in total. The Morgan fingerprint density at radius 3 is 2.50 bits per heavy atom. The lowest BCUT2D eigenvalue weighted by molar-refractivity contribution is -0.119. The highest BCUT2D eigenvalue weighted by atomic mass is 19.1. The number of likely N-dealkylation sites (tertiary alicyclic amines) is 1. The van der Waals surface area contributed by atoms with Gasteiger partial charge in [-0.15, -0.1) is 0 Å². The van der Waals surface area contributed by atoms with Crippen molar-refractivity contribution in [1.29, 1.82) is 0 Å². The maximum atomic E-state index is 13.7. The quantitative estimate of drug-likeness (QED) is 0.248. The number of nitrogens with two attached hydrogens (primary N) is 1. The molecule has 4 N–H and O–H groups in total. The Hall–Kier alpha value is -4.11. The molecule has 0 spiro atoms. The van der Waals surface area contributed by atoms with Gasteiger partial charge in [0.15, 0.2) is 0 Å². The van der Waals surface area contributed by atoms with Crippen molar-refractivity contribution in [2.75, 3.05) is 11.9 Å². The molecule has 44 heavy (non-hydrogen) atoms. The number of hydrogen-bond donors (Lipinski definition) is 3. The zero-order valence-corrected chi connectivity index (χ0v) is 25.9. The number of nitrogens with zero attached hydrogens (tertiary/aromatic N) is 2. The molecule has 0 bridgehead atoms. The van der Waals surface area contributed by atoms with Gasteiger partial charge >= 0.3 is 0 Å². The molecule has 2 aromatic carbocycles. The molecular weight excluding hydrogens is 557 g/mol. The minimum Gasteiger partial charge on any atom is -0.347 e. The maximum Gasteiger partial charge on any atom is 0.272 e. The van der Waals surface area contributed by atoms with Gasteiger partial charge < -0.3 is 21.3 Å². The second kappa shape index (κ2) is 15.6. The zero-order chi connectivity index (χ0) is 31.6. The lowest BCUT2D eigenvalue weighted by atomic mass is 9.92. The molecule has 1 aromatic heterocycles. The molecule has 2 heterocycles. The fourth-order valence-electron chi connectivity index (χ4n) is 5.87. The van der Waals surface area contributed by atoms with Gasteiger partial charge in [0.25, 0.3) is 11.8 Å². The molecule has 1 unspecified atom stereocenters. The first-order valence-electron chi connectivity index (χ1n) is 15.6. The molecule has 3 amide bonds. The smallest absolute Gasteiger partial charge is 0.272 e. The van der Waals surface area contributed by atoms with Crippen LogP contribution in [0.3, 0.4) is 0 Å². The fourth-order valence-corrected chi connectivity index (χ4v) is 5.87. The Bertz CT molecular complexity index is 1410. The lowest BCUT2D eigenvalue weighted by Crippen LogP contribution is -2.50. The highest BCUT2D eigenvalue weighted by Crippen LogP contribution is 2.23. The summed E-state index contributed by atoms with van der Waals surface area (Å²) in [6, 6.07) is 17.7. The Labute approximate surface area is 259 Å². The standard InChI is InChI=1S/C35H44FN5O3/c1-4-10-29-13-8-9-18-41(29)35(44)32-22-26(20-24(3)38-32)34(43)40-31(21-25-11-6-5-7-12-25)30(37)19-23(2)33(42)39-28-16-14-27(36)15-17-28/h5-7,11-12,14-17,20,22-23,29-31H,4,8-10,13,18-19,21,37H2,1-3H3,(H,39,42)(H,40,43)/t23-,29?,30+,31+/m1/s1. The van der Waals surface area contributed by atoms with Crippen LogP contribution in [-0.4, -0.2) is 52.3 Å². The van der Waals surface area contributed by atoms with E-state index in [1.807, 2.05) is 35.2 Å². The molecule has 1 saturated heterocycles. The number of rotatable bonds is 12. The number of carbonyl (C=O) groups is 3. The molecule has 3 aromatic rings. The van der Waals surface area contributed by atoms with E-state index < -0.39 is 18.0 Å². The molecule has 1 aliphatic heterocycles. The van der Waals surface area contributed by atoms with Crippen LogP contribution in [0.4, 0.5) is 10.1 Å². The number of anilines is 1. The minimum atomic E-state index is -0.555. The van der Waals surface area contributed by atoms with E-state index in [1.165, 1.54) is 24.3 Å². The fraction of sp³-hybridized carbons (Fsp3) is 0.429. The van der Waals surface area contributed by atoms with Gasteiger partial charge in [-0.25, -0.2) is 9.37 Å². The normalized spacial score (nSPS) is 16.9. The summed E-state index contributed by atoms with van der Waals surface area (Å²) in [6.45, 7) is 6.38. The Morgan fingerprint density at radius 1 is 1.07 bits per heavy atom. The summed E-state index contributed by atoms with van der Waals surface area (Å²) < 4.78 is 13.3. The minimum absolute atomic E-state index is 0.139. The third-order valence-corrected chi connectivity index (χ3v) is 8.26. The van der Waals surface area contributed by atoms with Crippen LogP contribution < -0.4 is 16.4 Å². The first-order chi connectivity index (χ1) is 21.1. The van der Waals surface area contributed by atoms with Crippen LogP contribution in [-0.2, 0) is 11.2 Å². The molecule has 4 atom stereocenters. The molecule has 0 radical (unpaired) electrons. The Morgan fingerprint density at radius 2 is 1.80 bits per heavy atom. The summed E-state index contributed by atoms with van der Waals surface area (Å²) in [5.74, 6) is -1.60. The van der Waals surface area contributed by atoms with Gasteiger partial charge in [-0.2, -0.15) is 0 Å². The second-order valence-electron chi connectivity index (χ2n) is 11.9. The van der Waals surface area contributed by atoms with Crippen molar-refractivity contribution in [3.05, 3.63) is 95.1 Å². The van der Waals surface area contributed by atoms with Crippen molar-refractivity contribution in [3.63, 3.8) is 0 Å². The van der Waals surface area contributed by atoms with Gasteiger partial charge in [-0.3, -0.25) is 14.4 Å². The average molecular weight is 602 g/mol. The average Bonchev–Trinajstić information content (AvgIpc) is 3.02. The summed E-state index contributed by atoms with van der Waals surface area (Å²) in [4.78, 5) is 46.6. The summed E-state index contributed by atoms with van der Waals surface area (Å²) >= 11 is 0. The summed E-state index contributed by atoms with van der Waals surface area (Å²) in [5.41, 5.74) is 9.36. The maximum absolute atomic E-state index is 13.7. The van der Waals surface area contributed by atoms with Crippen LogP contribution in [0.5, 0.6) is 0 Å². The van der Waals surface area contributed by atoms with Crippen molar-refractivity contribution in [2.45, 2.75) is 83.8 Å². The van der Waals surface area contributed by atoms with E-state index in [2.05, 4.69) is 22.5 Å². The number of nitrogens with one attached hydrogen (secondary N) is 2. The van der Waals surface area contributed by atoms with E-state index in [1.54, 1.807) is 26.0 Å². The van der Waals surface area contributed by atoms with Crippen molar-refractivity contribution in [1.82, 2.24) is 15.2 Å². The van der Waals surface area contributed by atoms with E-state index in [9.17, 15) is 18.8 Å². The molecule has 1 fully saturated rings. The van der Waals surface area contributed by atoms with E-state index in [4.69, 9.17) is 5.73 Å². The Balaban J connectivity index is 1.50. The van der Waals surface area contributed by atoms with Crippen LogP contribution in [0, 0.1) is 18.7 Å². The van der Waals surface area contributed by atoms with E-state index >= 15 is 0 Å². The summed E-state index contributed by atoms with van der Waals surface area (Å²) in [6.07, 6.45) is 5.77. The SMILES string of the molecule is CCCC1CCCCN1C(=O)c1cc(C(=O)N[C@@H](Cc2ccccc2)[C@@H](N)C[C@@H](C)C(=O)Nc2ccc(F)cc2)cc(C)n1. The summed E-state index contributed by atoms with van der Waals surface area (Å²) in [5, 5.41) is 5.89. The third kappa shape index (κ3) is 8.95. The van der Waals surface area contributed by atoms with Gasteiger partial charge in [0.1, 0.15) is 11.5 Å². The number of hydrogen-bond acceptors (Lipinski definition) is 5. The third-order valence-electron chi connectivity index (χ3n) is 8.26. The topological polar surface area (TPSA) is 117 Å².